The SMILES string of the molecule is C.CC(C)n1nccc1C1=C(CBr)CCOC1.Cc1ccc(O)c(C=O)n1.Cc1ccc(OCC2=C(c3ccnn3C(C)C)COCC2)c(C=O)n1.O=CO[O-].[2H]CF.[H-].[K+].[K+]. The third-order valence-electron chi connectivity index (χ3n) is 8.27. The first-order valence-electron chi connectivity index (χ1n) is 18.6. The average molecular weight is 955 g/mol. The van der Waals surface area contributed by atoms with E-state index in [0.29, 0.717) is 50.2 Å². The van der Waals surface area contributed by atoms with Gasteiger partial charge >= 0.3 is 103 Å². The van der Waals surface area contributed by atoms with Crippen molar-refractivity contribution in [3.05, 3.63) is 94.1 Å². The first kappa shape index (κ1) is 58.2. The number of ether oxygens (including phenoxy) is 3. The van der Waals surface area contributed by atoms with Crippen molar-refractivity contribution in [2.45, 2.75) is 73.9 Å². The number of carbonyl (C=O) groups excluding carboxylic acids is 3. The fourth-order valence-electron chi connectivity index (χ4n) is 5.58. The minimum absolute atomic E-state index is 0. The van der Waals surface area contributed by atoms with Crippen molar-refractivity contribution in [1.29, 1.82) is 0 Å². The summed E-state index contributed by atoms with van der Waals surface area (Å²) < 4.78 is 36.7. The van der Waals surface area contributed by atoms with Gasteiger partial charge in [0.25, 0.3) is 6.47 Å². The van der Waals surface area contributed by atoms with Crippen LogP contribution in [0, 0.1) is 13.8 Å². The van der Waals surface area contributed by atoms with Crippen LogP contribution in [0.4, 0.5) is 4.39 Å². The van der Waals surface area contributed by atoms with Crippen molar-refractivity contribution < 1.29 is 154 Å². The van der Waals surface area contributed by atoms with Crippen LogP contribution in [0.3, 0.4) is 0 Å². The summed E-state index contributed by atoms with van der Waals surface area (Å²) in [5.74, 6) is 0.442. The summed E-state index contributed by atoms with van der Waals surface area (Å²) in [7, 11) is -1.00. The van der Waals surface area contributed by atoms with Gasteiger partial charge in [0, 0.05) is 52.3 Å². The van der Waals surface area contributed by atoms with Crippen LogP contribution < -0.4 is 113 Å². The molecule has 0 amide bonds. The predicted octanol–water partition coefficient (Wildman–Crippen LogP) is 0.951. The number of pyridine rings is 2. The molecule has 19 heteroatoms. The van der Waals surface area contributed by atoms with Gasteiger partial charge in [-0.25, -0.2) is 9.97 Å². The van der Waals surface area contributed by atoms with E-state index < -0.39 is 7.15 Å². The molecule has 0 unspecified atom stereocenters. The molecule has 320 valence electrons. The monoisotopic (exact) mass is 953 g/mol. The standard InChI is InChI=1S/C19H23N3O3.C12H17BrN2O.C7H7NO2.CH3F.CH2O3.CH4.2K.H/c1-13(2)22-18(6-8-20-22)16-12-24-9-7-15(16)11-25-19-5-4-14(3)21-17(19)10-23;1-9(2)15-12(3-5-14-15)11-8-16-6-4-10(11)7-13;1-5-2-3-7(10)6(4-9)8-5;1-2;2-1-4-3;;;;/h4-6,8,10,13H,7,9,11-12H2,1-3H3;3,5,9H,4,6-8H2,1-2H3;2-4,10H,1H3;1H3;1,3H;1H4;;;/q;;;;;;2*+1;-1/p-1/i;;;1D;;;;;. The zero-order chi connectivity index (χ0) is 43.0. The molecule has 4 aromatic rings. The third-order valence-corrected chi connectivity index (χ3v) is 8.95. The number of alkyl halides is 2. The number of carbonyl (C=O) groups is 3. The van der Waals surface area contributed by atoms with Crippen molar-refractivity contribution in [2.24, 2.45) is 0 Å². The van der Waals surface area contributed by atoms with Crippen LogP contribution in [-0.4, -0.2) is 99.2 Å². The van der Waals surface area contributed by atoms with Gasteiger partial charge in [-0.05, 0) is 102 Å². The molecule has 0 saturated carbocycles. The number of nitrogens with zero attached hydrogens (tertiary/aromatic N) is 6. The number of halogens is 2. The van der Waals surface area contributed by atoms with E-state index in [1.807, 2.05) is 36.1 Å². The van der Waals surface area contributed by atoms with Crippen LogP contribution in [0.15, 0.2) is 59.9 Å². The number of aryl methyl sites for hydroxylation is 2. The number of aldehydes is 2. The second-order valence-corrected chi connectivity index (χ2v) is 13.4. The topological polar surface area (TPSA) is 193 Å². The van der Waals surface area contributed by atoms with Gasteiger partial charge in [-0.2, -0.15) is 10.2 Å². The maximum absolute atomic E-state index is 11.2. The Morgan fingerprint density at radius 3 is 1.75 bits per heavy atom. The Hall–Kier alpha value is -1.83. The Kier molecular flexibility index (Phi) is 32.7. The molecular formula is C41H56BrFK2N6O9. The molecule has 0 atom stereocenters. The number of rotatable bonds is 11. The molecule has 4 aromatic heterocycles. The molecule has 0 fully saturated rings. The molecular weight excluding hydrogens is 898 g/mol. The van der Waals surface area contributed by atoms with E-state index in [0.717, 1.165) is 53.7 Å². The minimum Gasteiger partial charge on any atom is -1.00 e. The second kappa shape index (κ2) is 33.7. The molecule has 0 aromatic carbocycles. The van der Waals surface area contributed by atoms with Crippen LogP contribution in [-0.2, 0) is 19.2 Å². The smallest absolute Gasteiger partial charge is 1.00 e. The Morgan fingerprint density at radius 1 is 0.867 bits per heavy atom. The van der Waals surface area contributed by atoms with Crippen LogP contribution in [0.25, 0.3) is 11.1 Å². The largest absolute Gasteiger partial charge is 1.00 e. The van der Waals surface area contributed by atoms with Gasteiger partial charge < -0.3 is 30.9 Å². The van der Waals surface area contributed by atoms with Gasteiger partial charge in [0.05, 0.1) is 46.3 Å². The molecule has 2 aliphatic rings. The predicted molar refractivity (Wildman–Crippen MR) is 222 cm³/mol. The Morgan fingerprint density at radius 2 is 1.32 bits per heavy atom. The first-order chi connectivity index (χ1) is 27.9. The van der Waals surface area contributed by atoms with Gasteiger partial charge in [0.1, 0.15) is 29.5 Å². The zero-order valence-electron chi connectivity index (χ0n) is 37.0. The first-order valence-corrected chi connectivity index (χ1v) is 19.0. The molecule has 60 heavy (non-hydrogen) atoms. The van der Waals surface area contributed by atoms with Gasteiger partial charge in [0.15, 0.2) is 12.6 Å². The summed E-state index contributed by atoms with van der Waals surface area (Å²) in [6.45, 7) is 15.1. The molecule has 6 rings (SSSR count). The quantitative estimate of drug-likeness (QED) is 0.0736. The number of aromatic hydroxyl groups is 1. The molecule has 0 radical (unpaired) electrons. The Balaban J connectivity index is -0.000000813. The van der Waals surface area contributed by atoms with Gasteiger partial charge in [-0.3, -0.25) is 28.1 Å². The molecule has 0 saturated heterocycles. The van der Waals surface area contributed by atoms with Crippen molar-refractivity contribution in [3.63, 3.8) is 0 Å². The molecule has 0 spiro atoms. The number of aromatic nitrogens is 6. The van der Waals surface area contributed by atoms with E-state index in [2.05, 4.69) is 79.4 Å². The van der Waals surface area contributed by atoms with E-state index in [4.69, 9.17) is 30.7 Å². The fourth-order valence-corrected chi connectivity index (χ4v) is 6.20. The van der Waals surface area contributed by atoms with Crippen molar-refractivity contribution in [1.82, 2.24) is 29.5 Å². The van der Waals surface area contributed by atoms with E-state index >= 15 is 0 Å². The second-order valence-electron chi connectivity index (χ2n) is 12.8. The fraction of sp³-hybridized carbons (Fsp3) is 0.439. The summed E-state index contributed by atoms with van der Waals surface area (Å²) in [6, 6.07) is 11.5. The average Bonchev–Trinajstić information content (AvgIpc) is 3.94. The molecule has 1 N–H and O–H groups in total. The summed E-state index contributed by atoms with van der Waals surface area (Å²) in [6.07, 6.45) is 6.75. The summed E-state index contributed by atoms with van der Waals surface area (Å²) in [5, 5.41) is 27.1. The van der Waals surface area contributed by atoms with Crippen LogP contribution in [0.2, 0.25) is 0 Å². The van der Waals surface area contributed by atoms with Crippen molar-refractivity contribution >= 4 is 46.1 Å². The van der Waals surface area contributed by atoms with Gasteiger partial charge in [-0.15, -0.1) is 0 Å². The summed E-state index contributed by atoms with van der Waals surface area (Å²) >= 11 is 3.56. The van der Waals surface area contributed by atoms with Crippen LogP contribution in [0.5, 0.6) is 11.5 Å². The van der Waals surface area contributed by atoms with Crippen LogP contribution >= 0.6 is 15.9 Å². The van der Waals surface area contributed by atoms with E-state index in [-0.39, 0.29) is 136 Å². The molecule has 6 heterocycles. The maximum Gasteiger partial charge on any atom is 1.00 e. The minimum atomic E-state index is -1.00. The normalized spacial score (nSPS) is 13.0. The van der Waals surface area contributed by atoms with Crippen LogP contribution in [0.1, 0.15) is 107 Å². The van der Waals surface area contributed by atoms with Crippen molar-refractivity contribution in [2.75, 3.05) is 45.5 Å². The number of hydrogen-bond donors (Lipinski definition) is 1. The Labute approximate surface area is 448 Å². The Bertz CT molecular complexity index is 1970. The maximum atomic E-state index is 11.2. The third kappa shape index (κ3) is 19.3. The molecule has 15 nitrogen and oxygen atoms in total. The van der Waals surface area contributed by atoms with Gasteiger partial charge in [0.2, 0.25) is 0 Å². The molecule has 2 aliphatic heterocycles. The number of hydrogen-bond acceptors (Lipinski definition) is 13. The van der Waals surface area contributed by atoms with Crippen molar-refractivity contribution in [3.8, 4) is 11.5 Å². The van der Waals surface area contributed by atoms with E-state index in [1.54, 1.807) is 19.1 Å². The van der Waals surface area contributed by atoms with E-state index in [9.17, 15) is 14.0 Å². The molecule has 0 bridgehead atoms. The van der Waals surface area contributed by atoms with Gasteiger partial charge in [-0.1, -0.05) is 23.4 Å². The summed E-state index contributed by atoms with van der Waals surface area (Å²) in [5.41, 5.74) is 9.23. The zero-order valence-corrected chi connectivity index (χ0v) is 42.9. The molecule has 0 aliphatic carbocycles. The summed E-state index contributed by atoms with van der Waals surface area (Å²) in [4.78, 5) is 40.6. The van der Waals surface area contributed by atoms with E-state index in [1.165, 1.54) is 28.5 Å².